The second-order valence-corrected chi connectivity index (χ2v) is 8.05. The Balaban J connectivity index is 1.62. The molecule has 5 unspecified atom stereocenters. The van der Waals surface area contributed by atoms with Crippen molar-refractivity contribution in [1.29, 1.82) is 0 Å². The fourth-order valence-corrected chi connectivity index (χ4v) is 6.93. The molecule has 3 aliphatic rings. The van der Waals surface area contributed by atoms with Gasteiger partial charge >= 0.3 is 5.97 Å². The van der Waals surface area contributed by atoms with Gasteiger partial charge in [-0.15, -0.1) is 11.8 Å². The molecule has 1 amide bonds. The summed E-state index contributed by atoms with van der Waals surface area (Å²) in [7, 11) is -3.52. The van der Waals surface area contributed by atoms with E-state index in [2.05, 4.69) is 11.9 Å². The van der Waals surface area contributed by atoms with Gasteiger partial charge in [0.1, 0.15) is 24.0 Å². The highest BCUT2D eigenvalue weighted by molar-refractivity contribution is 8.03. The summed E-state index contributed by atoms with van der Waals surface area (Å²) in [4.78, 5) is 22.6. The number of carbonyl (C=O) groups is 2. The van der Waals surface area contributed by atoms with Crippen LogP contribution in [0.25, 0.3) is 0 Å². The fourth-order valence-electron chi connectivity index (χ4n) is 2.79. The molecule has 9 heteroatoms. The maximum Gasteiger partial charge on any atom is 0.325 e. The first kappa shape index (κ1) is 13.9. The molecule has 5 atom stereocenters. The van der Waals surface area contributed by atoms with Gasteiger partial charge in [-0.1, -0.05) is 6.58 Å². The lowest BCUT2D eigenvalue weighted by Crippen LogP contribution is -2.43. The zero-order valence-electron chi connectivity index (χ0n) is 10.4. The summed E-state index contributed by atoms with van der Waals surface area (Å²) in [5.74, 6) is -1.08. The van der Waals surface area contributed by atoms with Crippen LogP contribution in [0.5, 0.6) is 0 Å². The van der Waals surface area contributed by atoms with Gasteiger partial charge in [0.25, 0.3) is 10.1 Å². The minimum absolute atomic E-state index is 0.0497. The summed E-state index contributed by atoms with van der Waals surface area (Å²) >= 11 is 1.51. The number of esters is 1. The van der Waals surface area contributed by atoms with E-state index in [1.165, 1.54) is 11.8 Å². The average Bonchev–Trinajstić information content (AvgIpc) is 3.00. The number of rotatable bonds is 4. The zero-order valence-corrected chi connectivity index (χ0v) is 12.0. The normalized spacial score (nSPS) is 39.5. The quantitative estimate of drug-likeness (QED) is 0.411. The zero-order chi connectivity index (χ0) is 14.5. The summed E-state index contributed by atoms with van der Waals surface area (Å²) in [6.07, 6.45) is 0.350. The SMILES string of the molecule is C=CC(=O)NCC(=O)OC1C2CC3C(S2)C1OS3(=O)=O. The molecule has 0 radical (unpaired) electrons. The average molecular weight is 319 g/mol. The number of amides is 1. The summed E-state index contributed by atoms with van der Waals surface area (Å²) < 4.78 is 33.8. The van der Waals surface area contributed by atoms with Gasteiger partial charge in [-0.3, -0.25) is 13.8 Å². The molecule has 0 aromatic heterocycles. The Kier molecular flexibility index (Phi) is 3.30. The Labute approximate surface area is 120 Å². The molecular formula is C11H13NO6S2. The molecule has 0 aliphatic carbocycles. The van der Waals surface area contributed by atoms with Crippen LogP contribution < -0.4 is 5.32 Å². The van der Waals surface area contributed by atoms with E-state index in [1.54, 1.807) is 0 Å². The largest absolute Gasteiger partial charge is 0.457 e. The smallest absolute Gasteiger partial charge is 0.325 e. The first-order valence-electron chi connectivity index (χ1n) is 6.09. The number of ether oxygens (including phenoxy) is 1. The molecule has 3 rings (SSSR count). The van der Waals surface area contributed by atoms with E-state index in [9.17, 15) is 18.0 Å². The topological polar surface area (TPSA) is 98.8 Å². The first-order valence-corrected chi connectivity index (χ1v) is 8.51. The van der Waals surface area contributed by atoms with Crippen LogP contribution >= 0.6 is 11.8 Å². The number of thioether (sulfide) groups is 1. The van der Waals surface area contributed by atoms with Gasteiger partial charge in [0.2, 0.25) is 5.91 Å². The van der Waals surface area contributed by atoms with Gasteiger partial charge in [-0.2, -0.15) is 8.42 Å². The lowest BCUT2D eigenvalue weighted by Gasteiger charge is -2.23. The molecule has 110 valence electrons. The lowest BCUT2D eigenvalue weighted by molar-refractivity contribution is -0.152. The third kappa shape index (κ3) is 2.13. The Hall–Kier alpha value is -1.06. The van der Waals surface area contributed by atoms with Crippen LogP contribution in [0.1, 0.15) is 6.42 Å². The monoisotopic (exact) mass is 319 g/mol. The maximum absolute atomic E-state index is 11.7. The van der Waals surface area contributed by atoms with Crippen molar-refractivity contribution in [3.63, 3.8) is 0 Å². The van der Waals surface area contributed by atoms with E-state index < -0.39 is 39.5 Å². The fraction of sp³-hybridized carbons (Fsp3) is 0.636. The summed E-state index contributed by atoms with van der Waals surface area (Å²) in [6.45, 7) is 2.99. The van der Waals surface area contributed by atoms with E-state index in [4.69, 9.17) is 8.92 Å². The van der Waals surface area contributed by atoms with E-state index in [0.29, 0.717) is 6.42 Å². The highest BCUT2D eigenvalue weighted by Crippen LogP contribution is 2.55. The van der Waals surface area contributed by atoms with Crippen LogP contribution in [-0.2, 0) is 28.6 Å². The molecule has 2 bridgehead atoms. The van der Waals surface area contributed by atoms with E-state index in [0.717, 1.165) is 6.08 Å². The number of carbonyl (C=O) groups excluding carboxylic acids is 2. The Bertz CT molecular complexity index is 573. The number of nitrogens with one attached hydrogen (secondary N) is 1. The number of hydrogen-bond donors (Lipinski definition) is 1. The third-order valence-corrected chi connectivity index (χ3v) is 7.26. The van der Waals surface area contributed by atoms with Crippen molar-refractivity contribution in [3.8, 4) is 0 Å². The van der Waals surface area contributed by atoms with Gasteiger partial charge in [0.15, 0.2) is 0 Å². The van der Waals surface area contributed by atoms with Crippen molar-refractivity contribution in [2.75, 3.05) is 6.54 Å². The molecule has 0 saturated carbocycles. The standard InChI is InChI=1S/C11H13NO6S2/c1-2-7(13)12-4-8(14)17-9-5-3-6-11(19-5)10(9)18-20(6,15)16/h2,5-6,9-11H,1,3-4H2,(H,12,13). The summed E-state index contributed by atoms with van der Waals surface area (Å²) in [5, 5.41) is 1.64. The molecule has 0 aromatic rings. The molecule has 0 spiro atoms. The molecule has 20 heavy (non-hydrogen) atoms. The van der Waals surface area contributed by atoms with Crippen molar-refractivity contribution in [3.05, 3.63) is 12.7 Å². The van der Waals surface area contributed by atoms with Crippen molar-refractivity contribution >= 4 is 33.8 Å². The van der Waals surface area contributed by atoms with Crippen molar-refractivity contribution in [2.24, 2.45) is 0 Å². The van der Waals surface area contributed by atoms with Crippen LogP contribution in [-0.4, -0.2) is 54.8 Å². The van der Waals surface area contributed by atoms with Crippen LogP contribution in [0.4, 0.5) is 0 Å². The first-order chi connectivity index (χ1) is 9.42. The highest BCUT2D eigenvalue weighted by Gasteiger charge is 2.66. The highest BCUT2D eigenvalue weighted by atomic mass is 32.2. The Morgan fingerprint density at radius 3 is 2.95 bits per heavy atom. The molecule has 3 saturated heterocycles. The van der Waals surface area contributed by atoms with E-state index in [1.807, 2.05) is 0 Å². The van der Waals surface area contributed by atoms with Gasteiger partial charge < -0.3 is 10.1 Å². The molecule has 1 N–H and O–H groups in total. The third-order valence-electron chi connectivity index (χ3n) is 3.65. The predicted molar refractivity (Wildman–Crippen MR) is 70.5 cm³/mol. The summed E-state index contributed by atoms with van der Waals surface area (Å²) in [6, 6.07) is 0. The van der Waals surface area contributed by atoms with Gasteiger partial charge in [0, 0.05) is 5.25 Å². The molecule has 7 nitrogen and oxygen atoms in total. The molecule has 3 heterocycles. The second-order valence-electron chi connectivity index (χ2n) is 4.84. The van der Waals surface area contributed by atoms with Gasteiger partial charge in [0.05, 0.1) is 5.25 Å². The number of fused-ring (bicyclic) bond motifs is 1. The Morgan fingerprint density at radius 1 is 1.50 bits per heavy atom. The Morgan fingerprint density at radius 2 is 2.25 bits per heavy atom. The van der Waals surface area contributed by atoms with Gasteiger partial charge in [-0.25, -0.2) is 0 Å². The van der Waals surface area contributed by atoms with E-state index >= 15 is 0 Å². The van der Waals surface area contributed by atoms with Crippen LogP contribution in [0, 0.1) is 0 Å². The van der Waals surface area contributed by atoms with Crippen LogP contribution in [0.2, 0.25) is 0 Å². The number of hydrogen-bond acceptors (Lipinski definition) is 7. The molecule has 3 fully saturated rings. The molecule has 0 aromatic carbocycles. The van der Waals surface area contributed by atoms with Crippen LogP contribution in [0.15, 0.2) is 12.7 Å². The van der Waals surface area contributed by atoms with Crippen molar-refractivity contribution in [2.45, 2.75) is 34.4 Å². The minimum atomic E-state index is -3.52. The van der Waals surface area contributed by atoms with Gasteiger partial charge in [-0.05, 0) is 12.5 Å². The van der Waals surface area contributed by atoms with Crippen molar-refractivity contribution < 1.29 is 26.9 Å². The second kappa shape index (κ2) is 4.74. The minimum Gasteiger partial charge on any atom is -0.457 e. The van der Waals surface area contributed by atoms with Crippen molar-refractivity contribution in [1.82, 2.24) is 5.32 Å². The predicted octanol–water partition coefficient (Wildman–Crippen LogP) is -0.815. The van der Waals surface area contributed by atoms with E-state index in [-0.39, 0.29) is 17.0 Å². The maximum atomic E-state index is 11.7. The molecular weight excluding hydrogens is 306 g/mol. The molecule has 3 aliphatic heterocycles. The van der Waals surface area contributed by atoms with Crippen LogP contribution in [0.3, 0.4) is 0 Å². The summed E-state index contributed by atoms with van der Waals surface area (Å²) in [5.41, 5.74) is 0. The lowest BCUT2D eigenvalue weighted by atomic mass is 9.94.